The van der Waals surface area contributed by atoms with Crippen molar-refractivity contribution in [2.24, 2.45) is 5.41 Å². The molecule has 1 fully saturated rings. The summed E-state index contributed by atoms with van der Waals surface area (Å²) in [7, 11) is 0. The Labute approximate surface area is 131 Å². The van der Waals surface area contributed by atoms with Gasteiger partial charge in [0.25, 0.3) is 0 Å². The molecule has 1 aromatic rings. The van der Waals surface area contributed by atoms with E-state index in [0.717, 1.165) is 31.2 Å². The van der Waals surface area contributed by atoms with Crippen LogP contribution in [0.25, 0.3) is 0 Å². The zero-order valence-corrected chi connectivity index (χ0v) is 13.1. The van der Waals surface area contributed by atoms with Crippen molar-refractivity contribution in [3.63, 3.8) is 0 Å². The van der Waals surface area contributed by atoms with Crippen molar-refractivity contribution in [2.45, 2.75) is 51.5 Å². The Kier molecular flexibility index (Phi) is 5.25. The number of hydrogen-bond donors (Lipinski definition) is 1. The zero-order valence-electron chi connectivity index (χ0n) is 12.4. The van der Waals surface area contributed by atoms with E-state index in [9.17, 15) is 10.1 Å². The summed E-state index contributed by atoms with van der Waals surface area (Å²) < 4.78 is 0. The summed E-state index contributed by atoms with van der Waals surface area (Å²) in [6, 6.07) is 9.59. The zero-order chi connectivity index (χ0) is 15.3. The summed E-state index contributed by atoms with van der Waals surface area (Å²) in [6.45, 7) is 1.93. The molecule has 1 saturated carbocycles. The van der Waals surface area contributed by atoms with Crippen molar-refractivity contribution in [3.8, 4) is 6.07 Å². The summed E-state index contributed by atoms with van der Waals surface area (Å²) >= 11 is 5.88. The first-order chi connectivity index (χ1) is 10.1. The Hall–Kier alpha value is -1.53. The molecule has 0 aromatic heterocycles. The average Bonchev–Trinajstić information content (AvgIpc) is 2.74. The van der Waals surface area contributed by atoms with Crippen LogP contribution >= 0.6 is 11.6 Å². The van der Waals surface area contributed by atoms with Gasteiger partial charge in [0.05, 0.1) is 12.1 Å². The third-order valence-corrected chi connectivity index (χ3v) is 4.58. The van der Waals surface area contributed by atoms with Crippen molar-refractivity contribution in [1.29, 1.82) is 5.26 Å². The first-order valence-electron chi connectivity index (χ1n) is 7.55. The van der Waals surface area contributed by atoms with E-state index in [1.165, 1.54) is 0 Å². The van der Waals surface area contributed by atoms with Crippen LogP contribution in [0.15, 0.2) is 24.3 Å². The predicted octanol–water partition coefficient (Wildman–Crippen LogP) is 4.38. The van der Waals surface area contributed by atoms with Crippen molar-refractivity contribution in [1.82, 2.24) is 5.32 Å². The van der Waals surface area contributed by atoms with Crippen molar-refractivity contribution in [2.75, 3.05) is 0 Å². The molecule has 0 aliphatic heterocycles. The molecule has 3 nitrogen and oxygen atoms in total. The molecule has 0 bridgehead atoms. The summed E-state index contributed by atoms with van der Waals surface area (Å²) in [4.78, 5) is 12.6. The number of halogens is 1. The first kappa shape index (κ1) is 15.9. The topological polar surface area (TPSA) is 52.9 Å². The number of benzene rings is 1. The molecular weight excluding hydrogens is 284 g/mol. The maximum atomic E-state index is 12.6. The van der Waals surface area contributed by atoms with Crippen LogP contribution in [0.5, 0.6) is 0 Å². The normalized spacial score (nSPS) is 19.1. The van der Waals surface area contributed by atoms with E-state index < -0.39 is 5.41 Å². The number of amides is 1. The Morgan fingerprint density at radius 1 is 1.24 bits per heavy atom. The summed E-state index contributed by atoms with van der Waals surface area (Å²) in [5.41, 5.74) is 0.145. The maximum absolute atomic E-state index is 12.6. The smallest absolute Gasteiger partial charge is 0.240 e. The summed E-state index contributed by atoms with van der Waals surface area (Å²) in [6.07, 6.45) is 5.48. The number of nitrogens with one attached hydrogen (secondary N) is 1. The van der Waals surface area contributed by atoms with Crippen LogP contribution in [0.3, 0.4) is 0 Å². The number of rotatable bonds is 3. The number of nitriles is 1. The van der Waals surface area contributed by atoms with Gasteiger partial charge in [0.2, 0.25) is 5.91 Å². The van der Waals surface area contributed by atoms with Crippen LogP contribution in [-0.4, -0.2) is 5.91 Å². The molecule has 1 N–H and O–H groups in total. The molecule has 0 spiro atoms. The van der Waals surface area contributed by atoms with E-state index in [1.54, 1.807) is 0 Å². The number of nitrogens with zero attached hydrogens (tertiary/aromatic N) is 1. The highest BCUT2D eigenvalue weighted by atomic mass is 35.5. The predicted molar refractivity (Wildman–Crippen MR) is 83.8 cm³/mol. The molecule has 1 unspecified atom stereocenters. The van der Waals surface area contributed by atoms with Gasteiger partial charge < -0.3 is 5.32 Å². The molecule has 0 saturated heterocycles. The largest absolute Gasteiger partial charge is 0.348 e. The highest BCUT2D eigenvalue weighted by molar-refractivity contribution is 6.30. The Morgan fingerprint density at radius 2 is 1.81 bits per heavy atom. The molecule has 1 amide bonds. The molecule has 1 aliphatic rings. The second-order valence-corrected chi connectivity index (χ2v) is 6.29. The Balaban J connectivity index is 2.08. The van der Waals surface area contributed by atoms with Crippen LogP contribution in [-0.2, 0) is 4.79 Å². The molecule has 112 valence electrons. The van der Waals surface area contributed by atoms with Crippen molar-refractivity contribution in [3.05, 3.63) is 34.9 Å². The maximum Gasteiger partial charge on any atom is 0.240 e. The van der Waals surface area contributed by atoms with Gasteiger partial charge in [-0.25, -0.2) is 0 Å². The third kappa shape index (κ3) is 3.77. The number of carbonyl (C=O) groups excluding carboxylic acids is 1. The molecule has 21 heavy (non-hydrogen) atoms. The lowest BCUT2D eigenvalue weighted by Crippen LogP contribution is -2.41. The molecule has 0 radical (unpaired) electrons. The molecule has 1 aromatic carbocycles. The van der Waals surface area contributed by atoms with E-state index in [1.807, 2.05) is 31.2 Å². The van der Waals surface area contributed by atoms with E-state index in [-0.39, 0.29) is 11.9 Å². The van der Waals surface area contributed by atoms with Gasteiger partial charge in [-0.15, -0.1) is 0 Å². The molecule has 2 rings (SSSR count). The van der Waals surface area contributed by atoms with Gasteiger partial charge in [0, 0.05) is 5.02 Å². The van der Waals surface area contributed by atoms with Gasteiger partial charge in [-0.2, -0.15) is 5.26 Å². The Bertz CT molecular complexity index is 525. The number of hydrogen-bond acceptors (Lipinski definition) is 2. The molecule has 4 heteroatoms. The third-order valence-electron chi connectivity index (χ3n) is 4.32. The van der Waals surface area contributed by atoms with Crippen LogP contribution in [0.4, 0.5) is 0 Å². The minimum absolute atomic E-state index is 0.122. The fraction of sp³-hybridized carbons (Fsp3) is 0.529. The fourth-order valence-electron chi connectivity index (χ4n) is 2.89. The van der Waals surface area contributed by atoms with Crippen LogP contribution in [0.1, 0.15) is 57.1 Å². The summed E-state index contributed by atoms with van der Waals surface area (Å²) in [5, 5.41) is 13.2. The van der Waals surface area contributed by atoms with Gasteiger partial charge in [-0.3, -0.25) is 4.79 Å². The fourth-order valence-corrected chi connectivity index (χ4v) is 3.02. The first-order valence-corrected chi connectivity index (χ1v) is 7.93. The quantitative estimate of drug-likeness (QED) is 0.842. The molecule has 1 aliphatic carbocycles. The van der Waals surface area contributed by atoms with E-state index in [2.05, 4.69) is 11.4 Å². The second-order valence-electron chi connectivity index (χ2n) is 5.85. The highest BCUT2D eigenvalue weighted by Gasteiger charge is 2.39. The molecular formula is C17H21ClN2O. The summed E-state index contributed by atoms with van der Waals surface area (Å²) in [5.74, 6) is -0.130. The minimum Gasteiger partial charge on any atom is -0.348 e. The second kappa shape index (κ2) is 6.95. The van der Waals surface area contributed by atoms with Crippen LogP contribution in [0.2, 0.25) is 5.02 Å². The van der Waals surface area contributed by atoms with Gasteiger partial charge in [-0.1, -0.05) is 49.4 Å². The monoisotopic (exact) mass is 304 g/mol. The number of carbonyl (C=O) groups is 1. The SMILES string of the molecule is CC(NC(=O)C1(C#N)CCCCCC1)c1ccc(Cl)cc1. The Morgan fingerprint density at radius 3 is 2.33 bits per heavy atom. The minimum atomic E-state index is -0.850. The molecule has 0 heterocycles. The highest BCUT2D eigenvalue weighted by Crippen LogP contribution is 2.35. The molecule has 1 atom stereocenters. The van der Waals surface area contributed by atoms with Crippen LogP contribution < -0.4 is 5.32 Å². The van der Waals surface area contributed by atoms with E-state index in [0.29, 0.717) is 17.9 Å². The van der Waals surface area contributed by atoms with Gasteiger partial charge >= 0.3 is 0 Å². The van der Waals surface area contributed by atoms with Crippen molar-refractivity contribution < 1.29 is 4.79 Å². The lowest BCUT2D eigenvalue weighted by molar-refractivity contribution is -0.129. The van der Waals surface area contributed by atoms with Crippen molar-refractivity contribution >= 4 is 17.5 Å². The lowest BCUT2D eigenvalue weighted by Gasteiger charge is -2.26. The lowest BCUT2D eigenvalue weighted by atomic mass is 9.80. The van der Waals surface area contributed by atoms with E-state index in [4.69, 9.17) is 11.6 Å². The van der Waals surface area contributed by atoms with Gasteiger partial charge in [0.15, 0.2) is 0 Å². The van der Waals surface area contributed by atoms with Gasteiger partial charge in [0.1, 0.15) is 5.41 Å². The standard InChI is InChI=1S/C17H21ClN2O/c1-13(14-6-8-15(18)9-7-14)20-16(21)17(12-19)10-4-2-3-5-11-17/h6-9,13H,2-5,10-11H2,1H3,(H,20,21). The van der Waals surface area contributed by atoms with Crippen LogP contribution in [0, 0.1) is 16.7 Å². The van der Waals surface area contributed by atoms with Gasteiger partial charge in [-0.05, 0) is 37.5 Å². The average molecular weight is 305 g/mol. The van der Waals surface area contributed by atoms with E-state index >= 15 is 0 Å².